The molecular weight excluding hydrogens is 228 g/mol. The Balaban J connectivity index is 2.26. The van der Waals surface area contributed by atoms with Crippen molar-refractivity contribution in [3.8, 4) is 11.5 Å². The van der Waals surface area contributed by atoms with Crippen LogP contribution in [0.25, 0.3) is 0 Å². The van der Waals surface area contributed by atoms with Gasteiger partial charge < -0.3 is 14.8 Å². The number of nitrogens with one attached hydrogen (secondary N) is 1. The Morgan fingerprint density at radius 3 is 2.94 bits per heavy atom. The fourth-order valence-corrected chi connectivity index (χ4v) is 2.01. The molecule has 0 saturated heterocycles. The van der Waals surface area contributed by atoms with Crippen molar-refractivity contribution >= 4 is 0 Å². The zero-order valence-electron chi connectivity index (χ0n) is 9.63. The van der Waals surface area contributed by atoms with Crippen molar-refractivity contribution in [3.05, 3.63) is 23.3 Å². The standard InChI is InChI=1S/C12H15F2NO2/c1-16-12-9-4-5-15-6-8(9)2-3-10(12)17-7-11(13)14/h2-3,11,15H,4-7H2,1H3. The number of alkyl halides is 2. The first-order valence-corrected chi connectivity index (χ1v) is 5.52. The molecule has 0 spiro atoms. The van der Waals surface area contributed by atoms with Gasteiger partial charge in [0.25, 0.3) is 6.43 Å². The first-order valence-electron chi connectivity index (χ1n) is 5.52. The Kier molecular flexibility index (Phi) is 3.78. The summed E-state index contributed by atoms with van der Waals surface area (Å²) in [5, 5.41) is 3.25. The molecule has 0 atom stereocenters. The number of hydrogen-bond acceptors (Lipinski definition) is 3. The van der Waals surface area contributed by atoms with Crippen molar-refractivity contribution in [1.29, 1.82) is 0 Å². The minimum absolute atomic E-state index is 0.397. The smallest absolute Gasteiger partial charge is 0.272 e. The third-order valence-electron chi connectivity index (χ3n) is 2.76. The van der Waals surface area contributed by atoms with Crippen LogP contribution in [0.3, 0.4) is 0 Å². The molecule has 1 aromatic rings. The molecule has 0 unspecified atom stereocenters. The van der Waals surface area contributed by atoms with E-state index in [0.717, 1.165) is 30.6 Å². The monoisotopic (exact) mass is 243 g/mol. The topological polar surface area (TPSA) is 30.5 Å². The van der Waals surface area contributed by atoms with Crippen LogP contribution in [0.5, 0.6) is 11.5 Å². The molecule has 1 aliphatic heterocycles. The Hall–Kier alpha value is -1.36. The average molecular weight is 243 g/mol. The van der Waals surface area contributed by atoms with Crippen molar-refractivity contribution in [2.24, 2.45) is 0 Å². The zero-order valence-corrected chi connectivity index (χ0v) is 9.63. The molecule has 17 heavy (non-hydrogen) atoms. The highest BCUT2D eigenvalue weighted by atomic mass is 19.3. The Bertz CT molecular complexity index is 396. The third kappa shape index (κ3) is 2.66. The summed E-state index contributed by atoms with van der Waals surface area (Å²) < 4.78 is 34.6. The second-order valence-electron chi connectivity index (χ2n) is 3.86. The number of benzene rings is 1. The van der Waals surface area contributed by atoms with Gasteiger partial charge in [-0.05, 0) is 24.6 Å². The van der Waals surface area contributed by atoms with Gasteiger partial charge in [0.1, 0.15) is 6.61 Å². The van der Waals surface area contributed by atoms with E-state index in [0.29, 0.717) is 11.5 Å². The van der Waals surface area contributed by atoms with E-state index in [4.69, 9.17) is 9.47 Å². The largest absolute Gasteiger partial charge is 0.493 e. The second-order valence-corrected chi connectivity index (χ2v) is 3.86. The van der Waals surface area contributed by atoms with E-state index >= 15 is 0 Å². The van der Waals surface area contributed by atoms with Gasteiger partial charge in [-0.3, -0.25) is 0 Å². The molecule has 0 fully saturated rings. The van der Waals surface area contributed by atoms with E-state index in [1.807, 2.05) is 6.07 Å². The Morgan fingerprint density at radius 1 is 1.41 bits per heavy atom. The lowest BCUT2D eigenvalue weighted by Crippen LogP contribution is -2.24. The lowest BCUT2D eigenvalue weighted by Gasteiger charge is -2.21. The molecule has 0 radical (unpaired) electrons. The molecule has 0 aromatic heterocycles. The van der Waals surface area contributed by atoms with Crippen molar-refractivity contribution in [2.75, 3.05) is 20.3 Å². The number of halogens is 2. The second kappa shape index (κ2) is 5.31. The molecule has 94 valence electrons. The molecular formula is C12H15F2NO2. The summed E-state index contributed by atoms with van der Waals surface area (Å²) in [6.45, 7) is 1.04. The molecule has 0 aliphatic carbocycles. The van der Waals surface area contributed by atoms with Crippen molar-refractivity contribution in [3.63, 3.8) is 0 Å². The summed E-state index contributed by atoms with van der Waals surface area (Å²) >= 11 is 0. The Morgan fingerprint density at radius 2 is 2.24 bits per heavy atom. The molecule has 1 aromatic carbocycles. The number of hydrogen-bond donors (Lipinski definition) is 1. The highest BCUT2D eigenvalue weighted by Gasteiger charge is 2.18. The molecule has 0 saturated carbocycles. The van der Waals surface area contributed by atoms with Gasteiger partial charge in [-0.15, -0.1) is 0 Å². The highest BCUT2D eigenvalue weighted by Crippen LogP contribution is 2.35. The Labute approximate surface area is 98.7 Å². The van der Waals surface area contributed by atoms with Gasteiger partial charge in [0.2, 0.25) is 0 Å². The molecule has 2 rings (SSSR count). The van der Waals surface area contributed by atoms with Crippen LogP contribution in [0.1, 0.15) is 11.1 Å². The molecule has 0 bridgehead atoms. The summed E-state index contributed by atoms with van der Waals surface area (Å²) in [4.78, 5) is 0. The third-order valence-corrected chi connectivity index (χ3v) is 2.76. The number of ether oxygens (including phenoxy) is 2. The lowest BCUT2D eigenvalue weighted by molar-refractivity contribution is 0.0803. The van der Waals surface area contributed by atoms with E-state index < -0.39 is 13.0 Å². The van der Waals surface area contributed by atoms with Crippen LogP contribution < -0.4 is 14.8 Å². The van der Waals surface area contributed by atoms with Gasteiger partial charge in [-0.2, -0.15) is 0 Å². The summed E-state index contributed by atoms with van der Waals surface area (Å²) in [6, 6.07) is 3.58. The summed E-state index contributed by atoms with van der Waals surface area (Å²) in [6.07, 6.45) is -1.65. The average Bonchev–Trinajstić information content (AvgIpc) is 2.35. The van der Waals surface area contributed by atoms with Gasteiger partial charge in [0, 0.05) is 12.1 Å². The van der Waals surface area contributed by atoms with Crippen molar-refractivity contribution in [2.45, 2.75) is 19.4 Å². The first kappa shape index (κ1) is 12.1. The SMILES string of the molecule is COc1c(OCC(F)F)ccc2c1CCNC2. The van der Waals surface area contributed by atoms with E-state index in [1.165, 1.54) is 7.11 Å². The zero-order chi connectivity index (χ0) is 12.3. The number of methoxy groups -OCH3 is 1. The van der Waals surface area contributed by atoms with Crippen molar-refractivity contribution < 1.29 is 18.3 Å². The number of rotatable bonds is 4. The van der Waals surface area contributed by atoms with Crippen LogP contribution >= 0.6 is 0 Å². The predicted octanol–water partition coefficient (Wildman–Crippen LogP) is 1.98. The summed E-state index contributed by atoms with van der Waals surface area (Å²) in [5.41, 5.74) is 2.19. The lowest BCUT2D eigenvalue weighted by atomic mass is 9.99. The van der Waals surface area contributed by atoms with E-state index in [2.05, 4.69) is 5.32 Å². The fourth-order valence-electron chi connectivity index (χ4n) is 2.01. The van der Waals surface area contributed by atoms with Crippen LogP contribution in [0.2, 0.25) is 0 Å². The van der Waals surface area contributed by atoms with Crippen LogP contribution in [0, 0.1) is 0 Å². The normalized spacial score (nSPS) is 14.6. The van der Waals surface area contributed by atoms with Crippen LogP contribution in [0.4, 0.5) is 8.78 Å². The highest BCUT2D eigenvalue weighted by molar-refractivity contribution is 5.51. The summed E-state index contributed by atoms with van der Waals surface area (Å²) in [5.74, 6) is 0.984. The maximum absolute atomic E-state index is 12.1. The fraction of sp³-hybridized carbons (Fsp3) is 0.500. The molecule has 1 aliphatic rings. The molecule has 0 amide bonds. The predicted molar refractivity (Wildman–Crippen MR) is 59.9 cm³/mol. The maximum Gasteiger partial charge on any atom is 0.272 e. The van der Waals surface area contributed by atoms with Gasteiger partial charge >= 0.3 is 0 Å². The minimum Gasteiger partial charge on any atom is -0.493 e. The van der Waals surface area contributed by atoms with Gasteiger partial charge in [-0.25, -0.2) is 8.78 Å². The van der Waals surface area contributed by atoms with E-state index in [9.17, 15) is 8.78 Å². The molecule has 1 N–H and O–H groups in total. The van der Waals surface area contributed by atoms with Gasteiger partial charge in [-0.1, -0.05) is 6.07 Å². The van der Waals surface area contributed by atoms with Crippen LogP contribution in [-0.2, 0) is 13.0 Å². The first-order chi connectivity index (χ1) is 8.22. The maximum atomic E-state index is 12.1. The molecule has 1 heterocycles. The summed E-state index contributed by atoms with van der Waals surface area (Å²) in [7, 11) is 1.53. The van der Waals surface area contributed by atoms with Gasteiger partial charge in [0.15, 0.2) is 11.5 Å². The van der Waals surface area contributed by atoms with Crippen LogP contribution in [-0.4, -0.2) is 26.7 Å². The molecule has 3 nitrogen and oxygen atoms in total. The number of fused-ring (bicyclic) bond motifs is 1. The minimum atomic E-state index is -2.47. The van der Waals surface area contributed by atoms with Crippen LogP contribution in [0.15, 0.2) is 12.1 Å². The molecule has 5 heteroatoms. The quantitative estimate of drug-likeness (QED) is 0.877. The van der Waals surface area contributed by atoms with E-state index in [-0.39, 0.29) is 0 Å². The van der Waals surface area contributed by atoms with Gasteiger partial charge in [0.05, 0.1) is 7.11 Å². The van der Waals surface area contributed by atoms with Crippen molar-refractivity contribution in [1.82, 2.24) is 5.32 Å². The van der Waals surface area contributed by atoms with E-state index in [1.54, 1.807) is 6.07 Å².